The van der Waals surface area contributed by atoms with Gasteiger partial charge in [0.2, 0.25) is 5.88 Å². The van der Waals surface area contributed by atoms with Gasteiger partial charge in [-0.3, -0.25) is 4.79 Å². The van der Waals surface area contributed by atoms with Gasteiger partial charge in [-0.25, -0.2) is 4.98 Å². The van der Waals surface area contributed by atoms with E-state index in [1.54, 1.807) is 0 Å². The zero-order valence-electron chi connectivity index (χ0n) is 19.1. The largest absolute Gasteiger partial charge is 0.490 e. The van der Waals surface area contributed by atoms with Gasteiger partial charge in [0.1, 0.15) is 28.8 Å². The number of nitrogens with zero attached hydrogens (tertiary/aromatic N) is 3. The first kappa shape index (κ1) is 21.5. The van der Waals surface area contributed by atoms with Crippen molar-refractivity contribution in [3.8, 4) is 17.4 Å². The average Bonchev–Trinajstić information content (AvgIpc) is 3.16. The molecule has 0 saturated heterocycles. The maximum atomic E-state index is 12.6. The Morgan fingerprint density at radius 1 is 1.24 bits per heavy atom. The predicted octanol–water partition coefficient (Wildman–Crippen LogP) is 4.75. The van der Waals surface area contributed by atoms with Crippen molar-refractivity contribution in [3.63, 3.8) is 0 Å². The van der Waals surface area contributed by atoms with Crippen LogP contribution in [0.1, 0.15) is 43.1 Å². The molecule has 0 atom stereocenters. The number of nitrogens with one attached hydrogen (secondary N) is 2. The maximum Gasteiger partial charge on any atom is 0.263 e. The number of amides is 1. The van der Waals surface area contributed by atoms with E-state index in [2.05, 4.69) is 34.4 Å². The van der Waals surface area contributed by atoms with E-state index in [0.29, 0.717) is 36.1 Å². The summed E-state index contributed by atoms with van der Waals surface area (Å²) in [5, 5.41) is 7.13. The molecule has 8 nitrogen and oxygen atoms in total. The smallest absolute Gasteiger partial charge is 0.263 e. The number of carbonyl (C=O) groups is 1. The summed E-state index contributed by atoms with van der Waals surface area (Å²) >= 11 is 1.42. The Balaban J connectivity index is 1.44. The van der Waals surface area contributed by atoms with Crippen LogP contribution < -0.4 is 25.0 Å². The number of thiazole rings is 1. The second-order valence-electron chi connectivity index (χ2n) is 9.18. The molecular formula is C24H27N5O3S. The lowest BCUT2D eigenvalue weighted by atomic mass is 9.94. The quantitative estimate of drug-likeness (QED) is 0.562. The highest BCUT2D eigenvalue weighted by Crippen LogP contribution is 2.42. The maximum absolute atomic E-state index is 12.6. The highest BCUT2D eigenvalue weighted by molar-refractivity contribution is 7.17. The van der Waals surface area contributed by atoms with E-state index >= 15 is 0 Å². The van der Waals surface area contributed by atoms with Crippen LogP contribution in [0.25, 0.3) is 0 Å². The molecule has 0 fully saturated rings. The van der Waals surface area contributed by atoms with Gasteiger partial charge in [-0.2, -0.15) is 4.98 Å². The summed E-state index contributed by atoms with van der Waals surface area (Å²) in [5.74, 6) is 2.62. The SMILES string of the molecule is CC(C)Nc1cccc(Oc2ccc3c(c2)N(c2nc4c(s2)C(=O)NC(C)(C)C4)CCO3)n1. The van der Waals surface area contributed by atoms with Crippen LogP contribution in [-0.4, -0.2) is 40.6 Å². The Morgan fingerprint density at radius 2 is 2.09 bits per heavy atom. The van der Waals surface area contributed by atoms with Gasteiger partial charge in [-0.15, -0.1) is 0 Å². The molecule has 4 heterocycles. The number of benzene rings is 1. The van der Waals surface area contributed by atoms with E-state index in [4.69, 9.17) is 14.5 Å². The summed E-state index contributed by atoms with van der Waals surface area (Å²) in [6.45, 7) is 9.34. The van der Waals surface area contributed by atoms with Crippen molar-refractivity contribution < 1.29 is 14.3 Å². The molecule has 0 radical (unpaired) electrons. The number of fused-ring (bicyclic) bond motifs is 2. The topological polar surface area (TPSA) is 88.6 Å². The number of hydrogen-bond acceptors (Lipinski definition) is 8. The molecule has 1 aromatic carbocycles. The molecule has 172 valence electrons. The summed E-state index contributed by atoms with van der Waals surface area (Å²) in [5.41, 5.74) is 1.41. The number of carbonyl (C=O) groups excluding carboxylic acids is 1. The van der Waals surface area contributed by atoms with Gasteiger partial charge in [0.05, 0.1) is 17.9 Å². The van der Waals surface area contributed by atoms with Crippen molar-refractivity contribution in [2.45, 2.75) is 45.7 Å². The first-order valence-electron chi connectivity index (χ1n) is 11.1. The van der Waals surface area contributed by atoms with Crippen LogP contribution in [0.15, 0.2) is 36.4 Å². The van der Waals surface area contributed by atoms with Crippen LogP contribution in [0.4, 0.5) is 16.6 Å². The lowest BCUT2D eigenvalue weighted by molar-refractivity contribution is 0.0901. The number of pyridine rings is 1. The first-order chi connectivity index (χ1) is 15.8. The van der Waals surface area contributed by atoms with E-state index in [1.807, 2.05) is 50.2 Å². The minimum atomic E-state index is -0.300. The minimum Gasteiger partial charge on any atom is -0.490 e. The van der Waals surface area contributed by atoms with Crippen molar-refractivity contribution in [2.24, 2.45) is 0 Å². The summed E-state index contributed by atoms with van der Waals surface area (Å²) in [4.78, 5) is 24.7. The average molecular weight is 466 g/mol. The summed E-state index contributed by atoms with van der Waals surface area (Å²) in [7, 11) is 0. The van der Waals surface area contributed by atoms with Crippen molar-refractivity contribution in [2.75, 3.05) is 23.4 Å². The van der Waals surface area contributed by atoms with Gasteiger partial charge in [0, 0.05) is 30.1 Å². The summed E-state index contributed by atoms with van der Waals surface area (Å²) in [6, 6.07) is 11.6. The third kappa shape index (κ3) is 4.45. The van der Waals surface area contributed by atoms with Crippen LogP contribution in [0.5, 0.6) is 17.4 Å². The summed E-state index contributed by atoms with van der Waals surface area (Å²) < 4.78 is 11.9. The highest BCUT2D eigenvalue weighted by atomic mass is 32.1. The van der Waals surface area contributed by atoms with Crippen molar-refractivity contribution in [3.05, 3.63) is 47.0 Å². The van der Waals surface area contributed by atoms with E-state index in [-0.39, 0.29) is 17.5 Å². The first-order valence-corrected chi connectivity index (χ1v) is 11.9. The van der Waals surface area contributed by atoms with Crippen LogP contribution in [0, 0.1) is 0 Å². The second kappa shape index (κ2) is 8.22. The molecule has 1 amide bonds. The van der Waals surface area contributed by atoms with Crippen LogP contribution >= 0.6 is 11.3 Å². The van der Waals surface area contributed by atoms with E-state index in [9.17, 15) is 4.79 Å². The predicted molar refractivity (Wildman–Crippen MR) is 129 cm³/mol. The van der Waals surface area contributed by atoms with Crippen molar-refractivity contribution in [1.82, 2.24) is 15.3 Å². The molecule has 0 spiro atoms. The van der Waals surface area contributed by atoms with Gasteiger partial charge >= 0.3 is 0 Å². The molecule has 0 aliphatic carbocycles. The van der Waals surface area contributed by atoms with Gasteiger partial charge in [0.25, 0.3) is 5.91 Å². The van der Waals surface area contributed by atoms with Crippen molar-refractivity contribution in [1.29, 1.82) is 0 Å². The Hall–Kier alpha value is -3.33. The van der Waals surface area contributed by atoms with E-state index < -0.39 is 0 Å². The molecular weight excluding hydrogens is 438 g/mol. The molecule has 0 unspecified atom stereocenters. The Morgan fingerprint density at radius 3 is 2.91 bits per heavy atom. The zero-order valence-corrected chi connectivity index (χ0v) is 20.0. The van der Waals surface area contributed by atoms with Crippen LogP contribution in [0.3, 0.4) is 0 Å². The summed E-state index contributed by atoms with van der Waals surface area (Å²) in [6.07, 6.45) is 0.706. The zero-order chi connectivity index (χ0) is 23.2. The normalized spacial score (nSPS) is 16.5. The second-order valence-corrected chi connectivity index (χ2v) is 10.2. The van der Waals surface area contributed by atoms with Gasteiger partial charge in [0.15, 0.2) is 5.13 Å². The molecule has 0 saturated carbocycles. The molecule has 2 N–H and O–H groups in total. The van der Waals surface area contributed by atoms with Gasteiger partial charge in [-0.05, 0) is 45.9 Å². The van der Waals surface area contributed by atoms with E-state index in [1.165, 1.54) is 11.3 Å². The standard InChI is InChI=1S/C24H27N5O3S/c1-14(2)25-19-6-5-7-20(27-19)32-15-8-9-18-17(12-15)29(10-11-31-18)23-26-16-13-24(3,4)28-22(30)21(16)33-23/h5-9,12,14H,10-11,13H2,1-4H3,(H,25,27)(H,28,30). The van der Waals surface area contributed by atoms with E-state index in [0.717, 1.165) is 28.1 Å². The van der Waals surface area contributed by atoms with Crippen LogP contribution in [0.2, 0.25) is 0 Å². The molecule has 2 aliphatic heterocycles. The fraction of sp³-hybridized carbons (Fsp3) is 0.375. The minimum absolute atomic E-state index is 0.0588. The monoisotopic (exact) mass is 465 g/mol. The fourth-order valence-corrected chi connectivity index (χ4v) is 5.02. The fourth-order valence-electron chi connectivity index (χ4n) is 4.01. The number of hydrogen-bond donors (Lipinski definition) is 2. The third-order valence-electron chi connectivity index (χ3n) is 5.36. The number of ether oxygens (including phenoxy) is 2. The van der Waals surface area contributed by atoms with Gasteiger partial charge in [-0.1, -0.05) is 17.4 Å². The molecule has 2 aliphatic rings. The Labute approximate surface area is 197 Å². The number of anilines is 3. The molecule has 3 aromatic rings. The molecule has 33 heavy (non-hydrogen) atoms. The number of aromatic nitrogens is 2. The third-order valence-corrected chi connectivity index (χ3v) is 6.48. The molecule has 0 bridgehead atoms. The van der Waals surface area contributed by atoms with Crippen molar-refractivity contribution >= 4 is 33.9 Å². The van der Waals surface area contributed by atoms with Gasteiger partial charge < -0.3 is 25.0 Å². The van der Waals surface area contributed by atoms with Crippen LogP contribution in [-0.2, 0) is 6.42 Å². The Kier molecular flexibility index (Phi) is 5.36. The molecule has 9 heteroatoms. The lowest BCUT2D eigenvalue weighted by Gasteiger charge is -2.29. The number of rotatable bonds is 5. The molecule has 2 aromatic heterocycles. The molecule has 5 rings (SSSR count). The highest BCUT2D eigenvalue weighted by Gasteiger charge is 2.34. The lowest BCUT2D eigenvalue weighted by Crippen LogP contribution is -2.48. The Bertz CT molecular complexity index is 1210.